The van der Waals surface area contributed by atoms with Crippen molar-refractivity contribution in [1.29, 1.82) is 0 Å². The molecule has 1 aromatic rings. The van der Waals surface area contributed by atoms with Crippen LogP contribution in [0.5, 0.6) is 5.75 Å². The zero-order valence-electron chi connectivity index (χ0n) is 11.1. The molecule has 2 N–H and O–H groups in total. The van der Waals surface area contributed by atoms with E-state index in [2.05, 4.69) is 5.32 Å². The van der Waals surface area contributed by atoms with E-state index in [4.69, 9.17) is 9.47 Å². The topological polar surface area (TPSA) is 50.7 Å². The third-order valence-electron chi connectivity index (χ3n) is 3.67. The highest BCUT2D eigenvalue weighted by molar-refractivity contribution is 5.31. The van der Waals surface area contributed by atoms with Crippen LogP contribution in [0.3, 0.4) is 0 Å². The molecule has 1 aromatic carbocycles. The number of rotatable bonds is 5. The van der Waals surface area contributed by atoms with Crippen LogP contribution in [0, 0.1) is 5.82 Å². The first-order valence-electron chi connectivity index (χ1n) is 6.46. The Morgan fingerprint density at radius 1 is 1.42 bits per heavy atom. The molecule has 1 heterocycles. The first-order chi connectivity index (χ1) is 9.21. The van der Waals surface area contributed by atoms with Gasteiger partial charge in [0.25, 0.3) is 0 Å². The number of methoxy groups -OCH3 is 1. The number of benzene rings is 1. The number of aliphatic hydroxyl groups is 1. The zero-order chi connectivity index (χ0) is 13.7. The van der Waals surface area contributed by atoms with Gasteiger partial charge >= 0.3 is 0 Å². The fourth-order valence-electron chi connectivity index (χ4n) is 2.29. The van der Waals surface area contributed by atoms with Gasteiger partial charge in [-0.05, 0) is 18.9 Å². The Balaban J connectivity index is 2.05. The molecule has 2 rings (SSSR count). The molecule has 106 valence electrons. The van der Waals surface area contributed by atoms with Gasteiger partial charge in [0.15, 0.2) is 11.6 Å². The molecule has 0 unspecified atom stereocenters. The molecule has 0 spiro atoms. The molecule has 19 heavy (non-hydrogen) atoms. The summed E-state index contributed by atoms with van der Waals surface area (Å²) in [5.74, 6) is -0.109. The van der Waals surface area contributed by atoms with Crippen molar-refractivity contribution in [2.75, 3.05) is 26.9 Å². The Hall–Kier alpha value is -1.17. The maximum absolute atomic E-state index is 14.0. The van der Waals surface area contributed by atoms with Crippen molar-refractivity contribution in [3.8, 4) is 5.75 Å². The van der Waals surface area contributed by atoms with Gasteiger partial charge < -0.3 is 19.9 Å². The second-order valence-corrected chi connectivity index (χ2v) is 4.84. The Morgan fingerprint density at radius 3 is 2.79 bits per heavy atom. The van der Waals surface area contributed by atoms with Gasteiger partial charge in [-0.3, -0.25) is 0 Å². The second-order valence-electron chi connectivity index (χ2n) is 4.84. The number of aliphatic hydroxyl groups excluding tert-OH is 1. The van der Waals surface area contributed by atoms with E-state index in [0.29, 0.717) is 25.3 Å². The third-order valence-corrected chi connectivity index (χ3v) is 3.67. The van der Waals surface area contributed by atoms with Gasteiger partial charge in [-0.2, -0.15) is 0 Å². The van der Waals surface area contributed by atoms with Crippen molar-refractivity contribution in [3.05, 3.63) is 29.6 Å². The summed E-state index contributed by atoms with van der Waals surface area (Å²) in [5, 5.41) is 12.8. The van der Waals surface area contributed by atoms with E-state index < -0.39 is 0 Å². The molecule has 0 aromatic heterocycles. The molecule has 1 saturated heterocycles. The van der Waals surface area contributed by atoms with Crippen LogP contribution in [0.1, 0.15) is 18.4 Å². The zero-order valence-corrected chi connectivity index (χ0v) is 11.1. The lowest BCUT2D eigenvalue weighted by Crippen LogP contribution is -2.51. The number of hydrogen-bond acceptors (Lipinski definition) is 4. The second kappa shape index (κ2) is 6.32. The maximum atomic E-state index is 14.0. The summed E-state index contributed by atoms with van der Waals surface area (Å²) >= 11 is 0. The minimum absolute atomic E-state index is 0.0297. The SMILES string of the molecule is COc1cccc(CNC2(CO)CCOCC2)c1F. The molecule has 0 saturated carbocycles. The lowest BCUT2D eigenvalue weighted by Gasteiger charge is -2.36. The van der Waals surface area contributed by atoms with E-state index in [1.165, 1.54) is 7.11 Å². The molecule has 5 heteroatoms. The monoisotopic (exact) mass is 269 g/mol. The summed E-state index contributed by atoms with van der Waals surface area (Å²) in [4.78, 5) is 0. The van der Waals surface area contributed by atoms with Crippen molar-refractivity contribution in [3.63, 3.8) is 0 Å². The molecule has 1 fully saturated rings. The molecule has 0 radical (unpaired) electrons. The van der Waals surface area contributed by atoms with Crippen LogP contribution in [0.2, 0.25) is 0 Å². The summed E-state index contributed by atoms with van der Waals surface area (Å²) in [6, 6.07) is 5.07. The maximum Gasteiger partial charge on any atom is 0.169 e. The van der Waals surface area contributed by atoms with Crippen molar-refractivity contribution in [2.24, 2.45) is 0 Å². The predicted octanol–water partition coefficient (Wildman–Crippen LogP) is 1.47. The van der Waals surface area contributed by atoms with E-state index >= 15 is 0 Å². The van der Waals surface area contributed by atoms with Crippen LogP contribution in [0.15, 0.2) is 18.2 Å². The lowest BCUT2D eigenvalue weighted by molar-refractivity contribution is 0.0110. The highest BCUT2D eigenvalue weighted by atomic mass is 19.1. The van der Waals surface area contributed by atoms with Crippen LogP contribution in [-0.4, -0.2) is 37.6 Å². The van der Waals surface area contributed by atoms with Gasteiger partial charge in [0.05, 0.1) is 13.7 Å². The van der Waals surface area contributed by atoms with Gasteiger partial charge in [-0.1, -0.05) is 12.1 Å². The van der Waals surface area contributed by atoms with E-state index in [-0.39, 0.29) is 23.7 Å². The molecule has 0 amide bonds. The first kappa shape index (κ1) is 14.2. The number of halogens is 1. The largest absolute Gasteiger partial charge is 0.494 e. The minimum Gasteiger partial charge on any atom is -0.494 e. The van der Waals surface area contributed by atoms with Crippen LogP contribution in [-0.2, 0) is 11.3 Å². The number of hydrogen-bond donors (Lipinski definition) is 2. The average molecular weight is 269 g/mol. The van der Waals surface area contributed by atoms with Gasteiger partial charge in [-0.15, -0.1) is 0 Å². The van der Waals surface area contributed by atoms with Crippen LogP contribution < -0.4 is 10.1 Å². The van der Waals surface area contributed by atoms with Crippen molar-refractivity contribution >= 4 is 0 Å². The molecule has 1 aliphatic heterocycles. The molecular weight excluding hydrogens is 249 g/mol. The number of ether oxygens (including phenoxy) is 2. The Labute approximate surface area is 112 Å². The highest BCUT2D eigenvalue weighted by Crippen LogP contribution is 2.23. The minimum atomic E-state index is -0.367. The Bertz CT molecular complexity index is 419. The van der Waals surface area contributed by atoms with Crippen LogP contribution in [0.25, 0.3) is 0 Å². The summed E-state index contributed by atoms with van der Waals surface area (Å²) in [7, 11) is 1.45. The molecule has 0 atom stereocenters. The van der Waals surface area contributed by atoms with Gasteiger partial charge in [0.1, 0.15) is 0 Å². The smallest absolute Gasteiger partial charge is 0.169 e. The summed E-state index contributed by atoms with van der Waals surface area (Å²) in [6.45, 7) is 1.63. The van der Waals surface area contributed by atoms with Crippen LogP contribution >= 0.6 is 0 Å². The lowest BCUT2D eigenvalue weighted by atomic mass is 9.90. The Morgan fingerprint density at radius 2 is 2.16 bits per heavy atom. The molecule has 1 aliphatic rings. The fraction of sp³-hybridized carbons (Fsp3) is 0.571. The molecule has 0 bridgehead atoms. The van der Waals surface area contributed by atoms with Gasteiger partial charge in [-0.25, -0.2) is 4.39 Å². The first-order valence-corrected chi connectivity index (χ1v) is 6.46. The summed E-state index contributed by atoms with van der Waals surface area (Å²) in [5.41, 5.74) is 0.173. The van der Waals surface area contributed by atoms with Crippen molar-refractivity contribution in [2.45, 2.75) is 24.9 Å². The Kier molecular flexibility index (Phi) is 4.74. The number of nitrogens with one attached hydrogen (secondary N) is 1. The van der Waals surface area contributed by atoms with Gasteiger partial charge in [0, 0.05) is 30.9 Å². The summed E-state index contributed by atoms with van der Waals surface area (Å²) in [6.07, 6.45) is 1.46. The summed E-state index contributed by atoms with van der Waals surface area (Å²) < 4.78 is 24.3. The van der Waals surface area contributed by atoms with E-state index in [1.807, 2.05) is 0 Å². The van der Waals surface area contributed by atoms with Gasteiger partial charge in [0.2, 0.25) is 0 Å². The van der Waals surface area contributed by atoms with Crippen LogP contribution in [0.4, 0.5) is 4.39 Å². The quantitative estimate of drug-likeness (QED) is 0.850. The average Bonchev–Trinajstić information content (AvgIpc) is 2.47. The van der Waals surface area contributed by atoms with Crippen molar-refractivity contribution in [1.82, 2.24) is 5.32 Å². The fourth-order valence-corrected chi connectivity index (χ4v) is 2.29. The molecular formula is C14H20FNO3. The highest BCUT2D eigenvalue weighted by Gasteiger charge is 2.31. The van der Waals surface area contributed by atoms with E-state index in [0.717, 1.165) is 12.8 Å². The van der Waals surface area contributed by atoms with E-state index in [1.54, 1.807) is 18.2 Å². The van der Waals surface area contributed by atoms with E-state index in [9.17, 15) is 9.50 Å². The molecule has 4 nitrogen and oxygen atoms in total. The normalized spacial score (nSPS) is 18.3. The predicted molar refractivity (Wildman–Crippen MR) is 69.7 cm³/mol. The standard InChI is InChI=1S/C14H20FNO3/c1-18-12-4-2-3-11(13(12)15)9-16-14(10-17)5-7-19-8-6-14/h2-4,16-17H,5-10H2,1H3. The molecule has 0 aliphatic carbocycles. The third kappa shape index (κ3) is 3.23. The van der Waals surface area contributed by atoms with Crippen molar-refractivity contribution < 1.29 is 19.0 Å².